The van der Waals surface area contributed by atoms with Crippen molar-refractivity contribution in [1.29, 1.82) is 0 Å². The van der Waals surface area contributed by atoms with Gasteiger partial charge in [-0.15, -0.1) is 0 Å². The van der Waals surface area contributed by atoms with Crippen LogP contribution in [0.5, 0.6) is 0 Å². The Bertz CT molecular complexity index is 114. The van der Waals surface area contributed by atoms with E-state index < -0.39 is 12.2 Å². The maximum atomic E-state index is 8.96. The van der Waals surface area contributed by atoms with Gasteiger partial charge in [0.2, 0.25) is 0 Å². The average Bonchev–Trinajstić information content (AvgIpc) is 1.99. The minimum absolute atomic E-state index is 0.341. The molecule has 2 atom stereocenters. The zero-order chi connectivity index (χ0) is 6.69. The van der Waals surface area contributed by atoms with Crippen molar-refractivity contribution in [1.82, 2.24) is 5.32 Å². The number of nitrogens with zero attached hydrogens (tertiary/aromatic N) is 1. The van der Waals surface area contributed by atoms with Crippen LogP contribution in [-0.2, 0) is 0 Å². The Morgan fingerprint density at radius 2 is 2.22 bits per heavy atom. The molecule has 51 valence electrons. The van der Waals surface area contributed by atoms with Crippen LogP contribution in [0.2, 0.25) is 0 Å². The molecule has 2 N–H and O–H groups in total. The molecule has 0 fully saturated rings. The van der Waals surface area contributed by atoms with Crippen LogP contribution in [0.4, 0.5) is 0 Å². The Labute approximate surface area is 54.0 Å². The van der Waals surface area contributed by atoms with Gasteiger partial charge in [-0.1, -0.05) is 12.2 Å². The van der Waals surface area contributed by atoms with Crippen molar-refractivity contribution in [2.75, 3.05) is 13.1 Å². The molecule has 1 heterocycles. The SMILES string of the molecule is O[C@@H]1C=CC[N]C[C@@H]1O. The van der Waals surface area contributed by atoms with Crippen molar-refractivity contribution in [3.63, 3.8) is 0 Å². The van der Waals surface area contributed by atoms with Crippen LogP contribution in [0.3, 0.4) is 0 Å². The Kier molecular flexibility index (Phi) is 2.22. The minimum Gasteiger partial charge on any atom is -0.389 e. The summed E-state index contributed by atoms with van der Waals surface area (Å²) in [5.41, 5.74) is 0. The first-order valence-corrected chi connectivity index (χ1v) is 2.97. The lowest BCUT2D eigenvalue weighted by Gasteiger charge is -2.09. The highest BCUT2D eigenvalue weighted by atomic mass is 16.3. The molecule has 0 aliphatic carbocycles. The summed E-state index contributed by atoms with van der Waals surface area (Å²) in [6.07, 6.45) is 1.89. The van der Waals surface area contributed by atoms with E-state index in [4.69, 9.17) is 10.2 Å². The topological polar surface area (TPSA) is 54.6 Å². The summed E-state index contributed by atoms with van der Waals surface area (Å²) in [7, 11) is 0. The van der Waals surface area contributed by atoms with E-state index in [1.807, 2.05) is 0 Å². The van der Waals surface area contributed by atoms with Crippen molar-refractivity contribution in [2.24, 2.45) is 0 Å². The van der Waals surface area contributed by atoms with Gasteiger partial charge < -0.3 is 10.2 Å². The molecule has 1 radical (unpaired) electrons. The summed E-state index contributed by atoms with van der Waals surface area (Å²) < 4.78 is 0. The molecule has 0 saturated heterocycles. The number of aliphatic hydroxyl groups is 2. The third-order valence-corrected chi connectivity index (χ3v) is 1.28. The third-order valence-electron chi connectivity index (χ3n) is 1.28. The molecule has 1 rings (SSSR count). The van der Waals surface area contributed by atoms with Gasteiger partial charge in [-0.3, -0.25) is 0 Å². The third kappa shape index (κ3) is 1.78. The standard InChI is InChI=1S/C6H10NO2/c8-5-2-1-3-7-4-6(5)9/h1-2,5-6,8-9H,3-4H2/t5-,6+/m1/s1. The van der Waals surface area contributed by atoms with Crippen molar-refractivity contribution in [3.8, 4) is 0 Å². The average molecular weight is 128 g/mol. The van der Waals surface area contributed by atoms with Crippen molar-refractivity contribution in [2.45, 2.75) is 12.2 Å². The lowest BCUT2D eigenvalue weighted by atomic mass is 10.2. The Balaban J connectivity index is 2.46. The van der Waals surface area contributed by atoms with E-state index in [-0.39, 0.29) is 0 Å². The highest BCUT2D eigenvalue weighted by Gasteiger charge is 2.14. The lowest BCUT2D eigenvalue weighted by molar-refractivity contribution is 0.0516. The van der Waals surface area contributed by atoms with Crippen molar-refractivity contribution in [3.05, 3.63) is 12.2 Å². The normalized spacial score (nSPS) is 36.2. The molecule has 1 aliphatic heterocycles. The van der Waals surface area contributed by atoms with Crippen molar-refractivity contribution < 1.29 is 10.2 Å². The van der Waals surface area contributed by atoms with E-state index in [0.717, 1.165) is 0 Å². The maximum absolute atomic E-state index is 8.96. The molecular weight excluding hydrogens is 118 g/mol. The molecule has 0 bridgehead atoms. The van der Waals surface area contributed by atoms with Gasteiger partial charge in [0.25, 0.3) is 0 Å². The quantitative estimate of drug-likeness (QED) is 0.406. The summed E-state index contributed by atoms with van der Waals surface area (Å²) in [6.45, 7) is 0.947. The summed E-state index contributed by atoms with van der Waals surface area (Å²) in [6, 6.07) is 0. The minimum atomic E-state index is -0.726. The first kappa shape index (κ1) is 6.74. The second-order valence-corrected chi connectivity index (χ2v) is 2.07. The number of hydrogen-bond donors (Lipinski definition) is 2. The summed E-state index contributed by atoms with van der Waals surface area (Å²) in [4.78, 5) is 0. The fourth-order valence-corrected chi connectivity index (χ4v) is 0.718. The van der Waals surface area contributed by atoms with Gasteiger partial charge in [-0.2, -0.15) is 0 Å². The predicted octanol–water partition coefficient (Wildman–Crippen LogP) is -1.12. The number of hydrogen-bond acceptors (Lipinski definition) is 2. The van der Waals surface area contributed by atoms with Crippen LogP contribution in [0, 0.1) is 0 Å². The fraction of sp³-hybridized carbons (Fsp3) is 0.667. The molecule has 3 heteroatoms. The highest BCUT2D eigenvalue weighted by Crippen LogP contribution is 1.97. The Hall–Kier alpha value is -0.380. The van der Waals surface area contributed by atoms with E-state index in [2.05, 4.69) is 5.32 Å². The van der Waals surface area contributed by atoms with Crippen LogP contribution < -0.4 is 5.32 Å². The zero-order valence-corrected chi connectivity index (χ0v) is 5.07. The van der Waals surface area contributed by atoms with Gasteiger partial charge in [0.1, 0.15) is 0 Å². The molecule has 9 heavy (non-hydrogen) atoms. The van der Waals surface area contributed by atoms with Gasteiger partial charge in [-0.05, 0) is 0 Å². The molecule has 0 aromatic carbocycles. The highest BCUT2D eigenvalue weighted by molar-refractivity contribution is 4.96. The largest absolute Gasteiger partial charge is 0.389 e. The van der Waals surface area contributed by atoms with Crippen molar-refractivity contribution >= 4 is 0 Å². The van der Waals surface area contributed by atoms with Crippen LogP contribution in [-0.4, -0.2) is 35.5 Å². The number of rotatable bonds is 0. The predicted molar refractivity (Wildman–Crippen MR) is 33.0 cm³/mol. The lowest BCUT2D eigenvalue weighted by Crippen LogP contribution is -2.29. The van der Waals surface area contributed by atoms with E-state index in [1.165, 1.54) is 0 Å². The van der Waals surface area contributed by atoms with Gasteiger partial charge in [0, 0.05) is 13.1 Å². The second kappa shape index (κ2) is 2.96. The van der Waals surface area contributed by atoms with Gasteiger partial charge in [0.05, 0.1) is 12.2 Å². The molecule has 0 aromatic rings. The Morgan fingerprint density at radius 1 is 1.44 bits per heavy atom. The van der Waals surface area contributed by atoms with E-state index >= 15 is 0 Å². The number of aliphatic hydroxyl groups excluding tert-OH is 2. The molecule has 0 unspecified atom stereocenters. The van der Waals surface area contributed by atoms with Gasteiger partial charge in [-0.25, -0.2) is 5.32 Å². The van der Waals surface area contributed by atoms with E-state index in [1.54, 1.807) is 12.2 Å². The molecular formula is C6H10NO2. The van der Waals surface area contributed by atoms with Crippen LogP contribution in [0.25, 0.3) is 0 Å². The summed E-state index contributed by atoms with van der Waals surface area (Å²) in [5, 5.41) is 21.8. The summed E-state index contributed by atoms with van der Waals surface area (Å²) in [5.74, 6) is 0. The molecule has 0 spiro atoms. The molecule has 0 amide bonds. The second-order valence-electron chi connectivity index (χ2n) is 2.07. The van der Waals surface area contributed by atoms with Crippen LogP contribution in [0.15, 0.2) is 12.2 Å². The van der Waals surface area contributed by atoms with Crippen LogP contribution >= 0.6 is 0 Å². The maximum Gasteiger partial charge on any atom is 0.0993 e. The fourth-order valence-electron chi connectivity index (χ4n) is 0.718. The molecule has 3 nitrogen and oxygen atoms in total. The molecule has 0 saturated carbocycles. The van der Waals surface area contributed by atoms with Gasteiger partial charge in [0.15, 0.2) is 0 Å². The summed E-state index contributed by atoms with van der Waals surface area (Å²) >= 11 is 0. The zero-order valence-electron chi connectivity index (χ0n) is 5.07. The molecule has 0 aromatic heterocycles. The first-order valence-electron chi connectivity index (χ1n) is 2.97. The van der Waals surface area contributed by atoms with E-state index in [9.17, 15) is 0 Å². The monoisotopic (exact) mass is 128 g/mol. The van der Waals surface area contributed by atoms with Crippen LogP contribution in [0.1, 0.15) is 0 Å². The first-order chi connectivity index (χ1) is 4.30. The smallest absolute Gasteiger partial charge is 0.0993 e. The van der Waals surface area contributed by atoms with Gasteiger partial charge >= 0.3 is 0 Å². The Morgan fingerprint density at radius 3 is 3.00 bits per heavy atom. The van der Waals surface area contributed by atoms with E-state index in [0.29, 0.717) is 13.1 Å². The molecule has 1 aliphatic rings.